The number of hydrogen-bond donors (Lipinski definition) is 2. The highest BCUT2D eigenvalue weighted by atomic mass is 35.5. The molecule has 1 aliphatic rings. The Labute approximate surface area is 224 Å². The fourth-order valence-electron chi connectivity index (χ4n) is 4.28. The van der Waals surface area contributed by atoms with Crippen LogP contribution in [0.4, 0.5) is 22.2 Å². The summed E-state index contributed by atoms with van der Waals surface area (Å²) in [4.78, 5) is 48.2. The molecule has 3 amide bonds. The van der Waals surface area contributed by atoms with Gasteiger partial charge in [0, 0.05) is 57.1 Å². The molecule has 2 aromatic heterocycles. The summed E-state index contributed by atoms with van der Waals surface area (Å²) >= 11 is 12.1. The molecule has 2 heterocycles. The van der Waals surface area contributed by atoms with Gasteiger partial charge in [-0.15, -0.1) is 0 Å². The summed E-state index contributed by atoms with van der Waals surface area (Å²) in [5.41, 5.74) is 7.99. The van der Waals surface area contributed by atoms with Crippen molar-refractivity contribution in [3.05, 3.63) is 63.5 Å². The van der Waals surface area contributed by atoms with Crippen LogP contribution in [0.3, 0.4) is 0 Å². The predicted octanol–water partition coefficient (Wildman–Crippen LogP) is 4.35. The molecule has 1 saturated carbocycles. The SMILES string of the molecule is CN(Cc1ccc(Cl)c(Cl)c1)C(=O)N(C)c1nc(Nc2ccnc(C3CC(C(N)=O)C3)c2)n(C)c1C=O. The molecule has 1 aliphatic carbocycles. The van der Waals surface area contributed by atoms with Crippen LogP contribution in [0.1, 0.15) is 40.5 Å². The van der Waals surface area contributed by atoms with Gasteiger partial charge in [-0.2, -0.15) is 4.98 Å². The Kier molecular flexibility index (Phi) is 7.70. The Bertz CT molecular complexity index is 1350. The van der Waals surface area contributed by atoms with Gasteiger partial charge in [0.15, 0.2) is 12.1 Å². The normalized spacial score (nSPS) is 16.6. The number of halogens is 2. The molecule has 3 N–H and O–H groups in total. The molecule has 0 unspecified atom stereocenters. The third-order valence-corrected chi connectivity index (χ3v) is 7.30. The van der Waals surface area contributed by atoms with Crippen LogP contribution in [0, 0.1) is 5.92 Å². The van der Waals surface area contributed by atoms with E-state index in [1.165, 1.54) is 9.80 Å². The summed E-state index contributed by atoms with van der Waals surface area (Å²) < 4.78 is 1.58. The number of pyridine rings is 1. The van der Waals surface area contributed by atoms with Crippen molar-refractivity contribution >= 4 is 58.9 Å². The van der Waals surface area contributed by atoms with Crippen LogP contribution in [0.5, 0.6) is 0 Å². The molecule has 10 nitrogen and oxygen atoms in total. The quantitative estimate of drug-likeness (QED) is 0.406. The molecule has 0 bridgehead atoms. The highest BCUT2D eigenvalue weighted by molar-refractivity contribution is 6.42. The molecule has 0 aliphatic heterocycles. The van der Waals surface area contributed by atoms with Crippen LogP contribution in [0.15, 0.2) is 36.5 Å². The number of nitrogens with one attached hydrogen (secondary N) is 1. The van der Waals surface area contributed by atoms with E-state index in [1.807, 2.05) is 6.07 Å². The molecule has 0 spiro atoms. The molecule has 1 aromatic carbocycles. The van der Waals surface area contributed by atoms with Gasteiger partial charge >= 0.3 is 6.03 Å². The Morgan fingerprint density at radius 3 is 2.57 bits per heavy atom. The smallest absolute Gasteiger partial charge is 0.325 e. The Morgan fingerprint density at radius 2 is 1.92 bits per heavy atom. The van der Waals surface area contributed by atoms with E-state index < -0.39 is 0 Å². The predicted molar refractivity (Wildman–Crippen MR) is 143 cm³/mol. The van der Waals surface area contributed by atoms with Crippen LogP contribution in [-0.4, -0.2) is 51.8 Å². The molecule has 3 aromatic rings. The monoisotopic (exact) mass is 543 g/mol. The van der Waals surface area contributed by atoms with Crippen LogP contribution in [0.25, 0.3) is 0 Å². The van der Waals surface area contributed by atoms with Crippen LogP contribution in [0.2, 0.25) is 10.0 Å². The van der Waals surface area contributed by atoms with Crippen molar-refractivity contribution < 1.29 is 14.4 Å². The molecule has 194 valence electrons. The molecule has 0 radical (unpaired) electrons. The van der Waals surface area contributed by atoms with Crippen LogP contribution >= 0.6 is 23.2 Å². The topological polar surface area (TPSA) is 126 Å². The molecular weight excluding hydrogens is 517 g/mol. The fourth-order valence-corrected chi connectivity index (χ4v) is 4.60. The van der Waals surface area contributed by atoms with Crippen LogP contribution in [-0.2, 0) is 18.4 Å². The first-order valence-corrected chi connectivity index (χ1v) is 12.3. The number of aldehydes is 1. The molecule has 0 saturated heterocycles. The molecule has 12 heteroatoms. The Morgan fingerprint density at radius 1 is 1.19 bits per heavy atom. The average Bonchev–Trinajstić information content (AvgIpc) is 3.14. The first-order valence-electron chi connectivity index (χ1n) is 11.6. The van der Waals surface area contributed by atoms with E-state index in [9.17, 15) is 14.4 Å². The van der Waals surface area contributed by atoms with Crippen molar-refractivity contribution in [1.82, 2.24) is 19.4 Å². The van der Waals surface area contributed by atoms with Crippen molar-refractivity contribution in [2.45, 2.75) is 25.3 Å². The lowest BCUT2D eigenvalue weighted by atomic mass is 9.72. The maximum Gasteiger partial charge on any atom is 0.325 e. The third-order valence-electron chi connectivity index (χ3n) is 6.56. The second-order valence-corrected chi connectivity index (χ2v) is 9.94. The van der Waals surface area contributed by atoms with Crippen molar-refractivity contribution in [3.8, 4) is 0 Å². The number of carbonyl (C=O) groups excluding carboxylic acids is 3. The molecule has 37 heavy (non-hydrogen) atoms. The number of amides is 3. The van der Waals surface area contributed by atoms with Gasteiger partial charge in [-0.05, 0) is 42.7 Å². The number of nitrogens with zero attached hydrogens (tertiary/aromatic N) is 5. The Hall–Kier alpha value is -3.63. The Balaban J connectivity index is 1.50. The number of urea groups is 1. The minimum absolute atomic E-state index is 0.112. The molecule has 0 atom stereocenters. The summed E-state index contributed by atoms with van der Waals surface area (Å²) in [6, 6.07) is 8.47. The third kappa shape index (κ3) is 5.55. The summed E-state index contributed by atoms with van der Waals surface area (Å²) in [6.07, 6.45) is 3.69. The van der Waals surface area contributed by atoms with Crippen molar-refractivity contribution in [3.63, 3.8) is 0 Å². The van der Waals surface area contributed by atoms with Crippen molar-refractivity contribution in [1.29, 1.82) is 0 Å². The zero-order valence-corrected chi connectivity index (χ0v) is 22.1. The zero-order chi connectivity index (χ0) is 26.9. The summed E-state index contributed by atoms with van der Waals surface area (Å²) in [7, 11) is 4.89. The lowest BCUT2D eigenvalue weighted by molar-refractivity contribution is -0.124. The minimum atomic E-state index is -0.362. The van der Waals surface area contributed by atoms with Gasteiger partial charge in [0.1, 0.15) is 5.69 Å². The number of anilines is 3. The average molecular weight is 544 g/mol. The minimum Gasteiger partial charge on any atom is -0.369 e. The second-order valence-electron chi connectivity index (χ2n) is 9.13. The number of imidazole rings is 1. The number of benzene rings is 1. The number of nitrogens with two attached hydrogens (primary N) is 1. The second kappa shape index (κ2) is 10.8. The van der Waals surface area contributed by atoms with Gasteiger partial charge in [0.25, 0.3) is 0 Å². The highest BCUT2D eigenvalue weighted by Crippen LogP contribution is 2.41. The van der Waals surface area contributed by atoms with Gasteiger partial charge in [0.05, 0.1) is 10.0 Å². The summed E-state index contributed by atoms with van der Waals surface area (Å²) in [5.74, 6) is 0.358. The van der Waals surface area contributed by atoms with E-state index in [-0.39, 0.29) is 41.8 Å². The molecule has 1 fully saturated rings. The van der Waals surface area contributed by atoms with Crippen molar-refractivity contribution in [2.75, 3.05) is 24.3 Å². The number of primary amides is 1. The highest BCUT2D eigenvalue weighted by Gasteiger charge is 2.35. The zero-order valence-electron chi connectivity index (χ0n) is 20.6. The van der Waals surface area contributed by atoms with Gasteiger partial charge in [-0.1, -0.05) is 29.3 Å². The lowest BCUT2D eigenvalue weighted by Crippen LogP contribution is -2.39. The van der Waals surface area contributed by atoms with E-state index in [2.05, 4.69) is 15.3 Å². The standard InChI is InChI=1S/C25H27Cl2N7O3/c1-32(12-14-4-5-18(26)19(27)8-14)25(37)34(3)23-21(13-35)33(2)24(31-23)30-17-6-7-29-20(11-17)15-9-16(10-15)22(28)36/h4-8,11,13,15-16H,9-10,12H2,1-3H3,(H2,28,36)(H,29,30,31). The molecule has 4 rings (SSSR count). The number of rotatable bonds is 8. The number of carbonyl (C=O) groups is 3. The van der Waals surface area contributed by atoms with Gasteiger partial charge in [-0.25, -0.2) is 4.79 Å². The summed E-state index contributed by atoms with van der Waals surface area (Å²) in [5, 5.41) is 4.04. The number of aromatic nitrogens is 3. The van der Waals surface area contributed by atoms with E-state index in [4.69, 9.17) is 28.9 Å². The number of hydrogen-bond acceptors (Lipinski definition) is 6. The van der Waals surface area contributed by atoms with Gasteiger partial charge < -0.3 is 20.5 Å². The largest absolute Gasteiger partial charge is 0.369 e. The van der Waals surface area contributed by atoms with Crippen molar-refractivity contribution in [2.24, 2.45) is 18.7 Å². The first-order chi connectivity index (χ1) is 17.6. The van der Waals surface area contributed by atoms with E-state index in [0.717, 1.165) is 16.9 Å². The lowest BCUT2D eigenvalue weighted by Gasteiger charge is -2.32. The van der Waals surface area contributed by atoms with Gasteiger partial charge in [0.2, 0.25) is 11.9 Å². The first kappa shape index (κ1) is 26.4. The van der Waals surface area contributed by atoms with E-state index in [1.54, 1.807) is 56.2 Å². The van der Waals surface area contributed by atoms with Crippen LogP contribution < -0.4 is 16.0 Å². The maximum absolute atomic E-state index is 13.1. The van der Waals surface area contributed by atoms with E-state index in [0.29, 0.717) is 35.1 Å². The van der Waals surface area contributed by atoms with Gasteiger partial charge in [-0.3, -0.25) is 19.5 Å². The molecular formula is C25H27Cl2N7O3. The van der Waals surface area contributed by atoms with E-state index >= 15 is 0 Å². The fraction of sp³-hybridized carbons (Fsp3) is 0.320. The summed E-state index contributed by atoms with van der Waals surface area (Å²) in [6.45, 7) is 0.284. The maximum atomic E-state index is 13.1.